The van der Waals surface area contributed by atoms with Crippen molar-refractivity contribution in [2.45, 2.75) is 103 Å². The van der Waals surface area contributed by atoms with Gasteiger partial charge in [-0.1, -0.05) is 112 Å². The van der Waals surface area contributed by atoms with E-state index in [0.29, 0.717) is 25.9 Å². The maximum atomic E-state index is 14.4. The molecule has 0 radical (unpaired) electrons. The van der Waals surface area contributed by atoms with Gasteiger partial charge in [0.2, 0.25) is 23.5 Å². The SMILES string of the molecule is CCCC(NC(=O)[C@@H]1C[C@H](OC(=O)N2CCc3ccccc3C2)CN1C(=O)[C@@H](NC(=O)[C@@H](O)Cc1ccccc1)C(C)C)C(=O)C(=O)N[C@@H](C)c1ccccc1. The fraction of sp³-hybridized carbons (Fsp3) is 0.442. The maximum absolute atomic E-state index is 14.4. The van der Waals surface area contributed by atoms with Gasteiger partial charge in [0.25, 0.3) is 5.91 Å². The van der Waals surface area contributed by atoms with Crippen LogP contribution in [0.5, 0.6) is 0 Å². The number of benzene rings is 3. The molecule has 3 aromatic rings. The largest absolute Gasteiger partial charge is 0.444 e. The van der Waals surface area contributed by atoms with Crippen molar-refractivity contribution in [1.82, 2.24) is 25.8 Å². The third-order valence-electron chi connectivity index (χ3n) is 10.4. The lowest BCUT2D eigenvalue weighted by molar-refractivity contribution is -0.145. The standard InChI is InChI=1S/C43H53N5O8/c1-5-14-34(38(50)41(53)44-28(4)30-17-10-7-11-18-30)45-39(51)35-24-33(56-43(55)47-22-21-31-19-12-13-20-32(31)25-47)26-48(35)42(54)37(27(2)3)46-40(52)36(49)23-29-15-8-6-9-16-29/h6-13,15-20,27-28,33-37,49H,5,14,21-26H2,1-4H3,(H,44,53)(H,45,51)(H,46,52)/t28-,33-,34?,35-,36-,37-/m0/s1. The molecule has 2 aliphatic heterocycles. The summed E-state index contributed by atoms with van der Waals surface area (Å²) in [5.41, 5.74) is 3.70. The number of likely N-dealkylation sites (tertiary alicyclic amines) is 1. The first-order valence-electron chi connectivity index (χ1n) is 19.4. The second-order valence-corrected chi connectivity index (χ2v) is 14.9. The number of carbonyl (C=O) groups is 6. The summed E-state index contributed by atoms with van der Waals surface area (Å²) in [6, 6.07) is 22.0. The zero-order valence-electron chi connectivity index (χ0n) is 32.5. The molecule has 3 aromatic carbocycles. The third-order valence-corrected chi connectivity index (χ3v) is 10.4. The monoisotopic (exact) mass is 767 g/mol. The molecule has 0 saturated carbocycles. The van der Waals surface area contributed by atoms with Crippen molar-refractivity contribution >= 4 is 35.5 Å². The van der Waals surface area contributed by atoms with Gasteiger partial charge in [0.1, 0.15) is 24.3 Å². The van der Waals surface area contributed by atoms with E-state index in [4.69, 9.17) is 4.74 Å². The van der Waals surface area contributed by atoms with Crippen LogP contribution >= 0.6 is 0 Å². The molecule has 0 spiro atoms. The molecule has 2 heterocycles. The van der Waals surface area contributed by atoms with E-state index >= 15 is 0 Å². The van der Waals surface area contributed by atoms with Gasteiger partial charge < -0.3 is 35.6 Å². The highest BCUT2D eigenvalue weighted by atomic mass is 16.6. The molecule has 2 aliphatic rings. The Morgan fingerprint density at radius 1 is 0.839 bits per heavy atom. The number of aliphatic hydroxyl groups is 1. The maximum Gasteiger partial charge on any atom is 0.410 e. The summed E-state index contributed by atoms with van der Waals surface area (Å²) < 4.78 is 5.93. The highest BCUT2D eigenvalue weighted by Gasteiger charge is 2.45. The first kappa shape index (κ1) is 41.6. The van der Waals surface area contributed by atoms with Crippen LogP contribution in [0.4, 0.5) is 4.79 Å². The number of nitrogens with zero attached hydrogens (tertiary/aromatic N) is 2. The molecule has 1 unspecified atom stereocenters. The summed E-state index contributed by atoms with van der Waals surface area (Å²) in [6.45, 7) is 7.67. The van der Waals surface area contributed by atoms with E-state index in [1.807, 2.05) is 67.6 Å². The topological polar surface area (TPSA) is 174 Å². The van der Waals surface area contributed by atoms with E-state index in [-0.39, 0.29) is 25.8 Å². The van der Waals surface area contributed by atoms with Crippen LogP contribution in [0.3, 0.4) is 0 Å². The fourth-order valence-corrected chi connectivity index (χ4v) is 7.19. The van der Waals surface area contributed by atoms with Gasteiger partial charge in [-0.25, -0.2) is 4.79 Å². The Kier molecular flexibility index (Phi) is 14.4. The van der Waals surface area contributed by atoms with Crippen LogP contribution < -0.4 is 16.0 Å². The average molecular weight is 768 g/mol. The number of fused-ring (bicyclic) bond motifs is 1. The minimum absolute atomic E-state index is 0.0317. The number of hydrogen-bond donors (Lipinski definition) is 4. The third kappa shape index (κ3) is 10.6. The Morgan fingerprint density at radius 3 is 2.14 bits per heavy atom. The van der Waals surface area contributed by atoms with E-state index in [2.05, 4.69) is 16.0 Å². The zero-order valence-corrected chi connectivity index (χ0v) is 32.5. The van der Waals surface area contributed by atoms with Crippen LogP contribution in [-0.2, 0) is 48.1 Å². The Morgan fingerprint density at radius 2 is 1.48 bits per heavy atom. The van der Waals surface area contributed by atoms with Crippen molar-refractivity contribution < 1.29 is 38.6 Å². The number of ether oxygens (including phenoxy) is 1. The second kappa shape index (κ2) is 19.3. The quantitative estimate of drug-likeness (QED) is 0.170. The Labute approximate surface area is 328 Å². The predicted molar refractivity (Wildman–Crippen MR) is 209 cm³/mol. The second-order valence-electron chi connectivity index (χ2n) is 14.9. The minimum Gasteiger partial charge on any atom is -0.444 e. The normalized spacial score (nSPS) is 18.5. The van der Waals surface area contributed by atoms with Gasteiger partial charge in [-0.3, -0.25) is 24.0 Å². The number of amides is 5. The van der Waals surface area contributed by atoms with Crippen molar-refractivity contribution in [3.63, 3.8) is 0 Å². The fourth-order valence-electron chi connectivity index (χ4n) is 7.19. The summed E-state index contributed by atoms with van der Waals surface area (Å²) >= 11 is 0. The van der Waals surface area contributed by atoms with Crippen molar-refractivity contribution in [1.29, 1.82) is 0 Å². The van der Waals surface area contributed by atoms with Gasteiger partial charge >= 0.3 is 6.09 Å². The van der Waals surface area contributed by atoms with Crippen molar-refractivity contribution in [3.05, 3.63) is 107 Å². The molecular formula is C43H53N5O8. The van der Waals surface area contributed by atoms with Gasteiger partial charge in [-0.2, -0.15) is 0 Å². The molecule has 5 amide bonds. The number of aliphatic hydroxyl groups excluding tert-OH is 1. The number of nitrogens with one attached hydrogen (secondary N) is 3. The molecule has 13 nitrogen and oxygen atoms in total. The molecule has 0 bridgehead atoms. The van der Waals surface area contributed by atoms with Crippen LogP contribution in [0.25, 0.3) is 0 Å². The molecule has 4 N–H and O–H groups in total. The van der Waals surface area contributed by atoms with E-state index in [9.17, 15) is 33.9 Å². The molecule has 298 valence electrons. The van der Waals surface area contributed by atoms with Crippen LogP contribution in [0.2, 0.25) is 0 Å². The molecule has 1 fully saturated rings. The summed E-state index contributed by atoms with van der Waals surface area (Å²) in [5, 5.41) is 18.9. The zero-order chi connectivity index (χ0) is 40.4. The lowest BCUT2D eigenvalue weighted by atomic mass is 10.0. The number of Topliss-reactive ketones (excluding diaryl/α,β-unsaturated/α-hetero) is 1. The van der Waals surface area contributed by atoms with Gasteiger partial charge in [0.05, 0.1) is 18.6 Å². The van der Waals surface area contributed by atoms with Crippen LogP contribution in [0.15, 0.2) is 84.9 Å². The molecule has 1 saturated heterocycles. The minimum atomic E-state index is -1.44. The first-order chi connectivity index (χ1) is 26.9. The van der Waals surface area contributed by atoms with Gasteiger partial charge in [-0.05, 0) is 47.9 Å². The Balaban J connectivity index is 1.33. The molecule has 0 aromatic heterocycles. The lowest BCUT2D eigenvalue weighted by Gasteiger charge is -2.31. The van der Waals surface area contributed by atoms with E-state index < -0.39 is 77.8 Å². The predicted octanol–water partition coefficient (Wildman–Crippen LogP) is 3.63. The van der Waals surface area contributed by atoms with E-state index in [1.165, 1.54) is 4.90 Å². The van der Waals surface area contributed by atoms with E-state index in [0.717, 1.165) is 22.3 Å². The van der Waals surface area contributed by atoms with E-state index in [1.54, 1.807) is 49.9 Å². The summed E-state index contributed by atoms with van der Waals surface area (Å²) in [7, 11) is 0. The molecule has 0 aliphatic carbocycles. The number of carbonyl (C=O) groups excluding carboxylic acids is 6. The molecule has 13 heteroatoms. The van der Waals surface area contributed by atoms with Crippen molar-refractivity contribution in [2.24, 2.45) is 5.92 Å². The number of ketones is 1. The van der Waals surface area contributed by atoms with Crippen molar-refractivity contribution in [2.75, 3.05) is 13.1 Å². The average Bonchev–Trinajstić information content (AvgIpc) is 3.63. The van der Waals surface area contributed by atoms with Crippen LogP contribution in [-0.4, -0.2) is 93.8 Å². The Hall–Kier alpha value is -5.56. The van der Waals surface area contributed by atoms with Gasteiger partial charge in [0, 0.05) is 25.9 Å². The molecular weight excluding hydrogens is 714 g/mol. The summed E-state index contributed by atoms with van der Waals surface area (Å²) in [6.07, 6.45) is -1.67. The van der Waals surface area contributed by atoms with Crippen molar-refractivity contribution in [3.8, 4) is 0 Å². The van der Waals surface area contributed by atoms with Crippen LogP contribution in [0.1, 0.15) is 75.3 Å². The highest BCUT2D eigenvalue weighted by Crippen LogP contribution is 2.26. The smallest absolute Gasteiger partial charge is 0.410 e. The summed E-state index contributed by atoms with van der Waals surface area (Å²) in [4.78, 5) is 84.7. The van der Waals surface area contributed by atoms with Gasteiger partial charge in [-0.15, -0.1) is 0 Å². The molecule has 5 rings (SSSR count). The van der Waals surface area contributed by atoms with Gasteiger partial charge in [0.15, 0.2) is 0 Å². The first-order valence-corrected chi connectivity index (χ1v) is 19.4. The number of rotatable bonds is 15. The Bertz CT molecular complexity index is 1850. The number of hydrogen-bond acceptors (Lipinski definition) is 8. The molecule has 56 heavy (non-hydrogen) atoms. The lowest BCUT2D eigenvalue weighted by Crippen LogP contribution is -2.58. The highest BCUT2D eigenvalue weighted by molar-refractivity contribution is 6.38. The summed E-state index contributed by atoms with van der Waals surface area (Å²) in [5.74, 6) is -4.20. The van der Waals surface area contributed by atoms with Crippen LogP contribution in [0, 0.1) is 5.92 Å². The molecule has 6 atom stereocenters.